The number of para-hydroxylation sites is 4. The van der Waals surface area contributed by atoms with Gasteiger partial charge in [-0.25, -0.2) is 0 Å². The van der Waals surface area contributed by atoms with E-state index < -0.39 is 0 Å². The summed E-state index contributed by atoms with van der Waals surface area (Å²) in [7, 11) is 0. The van der Waals surface area contributed by atoms with E-state index in [9.17, 15) is 0 Å². The molecule has 0 aliphatic carbocycles. The van der Waals surface area contributed by atoms with Crippen molar-refractivity contribution in [3.8, 4) is 33.4 Å². The second kappa shape index (κ2) is 14.9. The molecule has 1 atom stereocenters. The highest BCUT2D eigenvalue weighted by atomic mass is 16.3. The van der Waals surface area contributed by atoms with Gasteiger partial charge in [0.15, 0.2) is 0 Å². The average molecular weight is 760 g/mol. The molecule has 10 aromatic rings. The minimum atomic E-state index is 0.0638. The van der Waals surface area contributed by atoms with E-state index in [1.54, 1.807) is 0 Å². The predicted molar refractivity (Wildman–Crippen MR) is 246 cm³/mol. The van der Waals surface area contributed by atoms with Gasteiger partial charge in [0.2, 0.25) is 0 Å². The van der Waals surface area contributed by atoms with Gasteiger partial charge in [0.1, 0.15) is 22.3 Å². The molecule has 0 saturated carbocycles. The van der Waals surface area contributed by atoms with Gasteiger partial charge in [-0.1, -0.05) is 164 Å². The van der Waals surface area contributed by atoms with Crippen LogP contribution in [-0.2, 0) is 0 Å². The van der Waals surface area contributed by atoms with Crippen LogP contribution in [-0.4, -0.2) is 5.71 Å². The van der Waals surface area contributed by atoms with E-state index in [0.29, 0.717) is 0 Å². The third kappa shape index (κ3) is 6.55. The van der Waals surface area contributed by atoms with E-state index in [0.717, 1.165) is 103 Å². The molecule has 3 heterocycles. The predicted octanol–water partition coefficient (Wildman–Crippen LogP) is 15.7. The summed E-state index contributed by atoms with van der Waals surface area (Å²) in [6.45, 7) is 0. The number of aliphatic imine (C=N–C) groups is 1. The van der Waals surface area contributed by atoms with Gasteiger partial charge >= 0.3 is 0 Å². The molecule has 1 aliphatic heterocycles. The van der Waals surface area contributed by atoms with E-state index in [1.807, 2.05) is 12.1 Å². The molecule has 0 fully saturated rings. The zero-order valence-electron chi connectivity index (χ0n) is 32.6. The molecule has 282 valence electrons. The normalized spacial score (nSPS) is 15.8. The van der Waals surface area contributed by atoms with Crippen LogP contribution in [0.3, 0.4) is 0 Å². The summed E-state index contributed by atoms with van der Waals surface area (Å²) in [6.07, 6.45) is 6.41. The first-order chi connectivity index (χ1) is 29.2. The van der Waals surface area contributed by atoms with Crippen molar-refractivity contribution < 1.29 is 8.83 Å². The SMILES string of the molecule is C1=C(/c2cc(-c3cccc4c3oc3ccccc34)cc(-c3cccc4c3oc3ccccc34)c2)CCCCC(c2ccccc2)N=C/1c1ccc(-c2ccccc2)cc1. The Morgan fingerprint density at radius 2 is 0.915 bits per heavy atom. The average Bonchev–Trinajstić information content (AvgIpc) is 3.91. The van der Waals surface area contributed by atoms with Crippen molar-refractivity contribution in [1.82, 2.24) is 0 Å². The summed E-state index contributed by atoms with van der Waals surface area (Å²) in [4.78, 5) is 5.62. The lowest BCUT2D eigenvalue weighted by Gasteiger charge is -2.15. The number of hydrogen-bond donors (Lipinski definition) is 0. The summed E-state index contributed by atoms with van der Waals surface area (Å²) in [5.74, 6) is 0. The second-order valence-corrected chi connectivity index (χ2v) is 15.7. The fraction of sp³-hybridized carbons (Fsp3) is 0.0893. The Morgan fingerprint density at radius 1 is 0.407 bits per heavy atom. The van der Waals surface area contributed by atoms with Crippen molar-refractivity contribution in [3.63, 3.8) is 0 Å². The van der Waals surface area contributed by atoms with E-state index in [2.05, 4.69) is 182 Å². The Hall–Kier alpha value is -7.23. The maximum absolute atomic E-state index is 6.65. The summed E-state index contributed by atoms with van der Waals surface area (Å²) >= 11 is 0. The van der Waals surface area contributed by atoms with Crippen molar-refractivity contribution >= 4 is 55.2 Å². The summed E-state index contributed by atoms with van der Waals surface area (Å²) < 4.78 is 13.3. The molecule has 3 heteroatoms. The van der Waals surface area contributed by atoms with Crippen LogP contribution in [0.15, 0.2) is 208 Å². The number of hydrogen-bond acceptors (Lipinski definition) is 3. The van der Waals surface area contributed by atoms with Crippen LogP contribution >= 0.6 is 0 Å². The lowest BCUT2D eigenvalue weighted by molar-refractivity contribution is 0.597. The fourth-order valence-electron chi connectivity index (χ4n) is 9.00. The standard InChI is InChI=1S/C56H41NO2/c1-3-15-37(16-4-1)38-29-31-40(32-30-38)52-36-41(19-7-10-26-51(57-52)39-17-5-2-6-18-39)42-33-43(45-22-13-24-49-47-20-8-11-27-53(47)58-55(45)49)35-44(34-42)46-23-14-25-50-48-21-9-12-28-54(48)59-56(46)50/h1-6,8-9,11-18,20-25,27-36,51H,7,10,19,26H2/b41-36+,57-52?. The number of furan rings is 2. The van der Waals surface area contributed by atoms with Gasteiger partial charge < -0.3 is 8.83 Å². The van der Waals surface area contributed by atoms with E-state index in [1.165, 1.54) is 27.8 Å². The smallest absolute Gasteiger partial charge is 0.143 e. The monoisotopic (exact) mass is 759 g/mol. The Bertz CT molecular complexity index is 3070. The molecular formula is C56H41NO2. The Labute approximate surface area is 343 Å². The van der Waals surface area contributed by atoms with Crippen LogP contribution < -0.4 is 0 Å². The fourth-order valence-corrected chi connectivity index (χ4v) is 9.00. The molecule has 3 nitrogen and oxygen atoms in total. The maximum Gasteiger partial charge on any atom is 0.143 e. The molecule has 8 aromatic carbocycles. The van der Waals surface area contributed by atoms with Crippen molar-refractivity contribution in [1.29, 1.82) is 0 Å². The molecule has 0 radical (unpaired) electrons. The van der Waals surface area contributed by atoms with Gasteiger partial charge in [-0.3, -0.25) is 4.99 Å². The first kappa shape index (κ1) is 35.0. The molecule has 0 bridgehead atoms. The van der Waals surface area contributed by atoms with Gasteiger partial charge in [-0.2, -0.15) is 0 Å². The Kier molecular flexibility index (Phi) is 8.85. The Balaban J connectivity index is 1.13. The van der Waals surface area contributed by atoms with Crippen molar-refractivity contribution in [3.05, 3.63) is 211 Å². The molecular weight excluding hydrogens is 719 g/mol. The summed E-state index contributed by atoms with van der Waals surface area (Å²) in [6, 6.07) is 67.1. The highest BCUT2D eigenvalue weighted by Gasteiger charge is 2.20. The molecule has 1 unspecified atom stereocenters. The first-order valence-corrected chi connectivity index (χ1v) is 20.7. The molecule has 0 amide bonds. The molecule has 59 heavy (non-hydrogen) atoms. The number of nitrogens with zero attached hydrogens (tertiary/aromatic N) is 1. The zero-order valence-corrected chi connectivity index (χ0v) is 32.6. The summed E-state index contributed by atoms with van der Waals surface area (Å²) in [5, 5.41) is 4.48. The van der Waals surface area contributed by atoms with Crippen LogP contribution in [0.5, 0.6) is 0 Å². The highest BCUT2D eigenvalue weighted by molar-refractivity contribution is 6.14. The largest absolute Gasteiger partial charge is 0.455 e. The van der Waals surface area contributed by atoms with Crippen molar-refractivity contribution in [2.75, 3.05) is 0 Å². The van der Waals surface area contributed by atoms with Gasteiger partial charge in [0, 0.05) is 32.7 Å². The molecule has 2 aromatic heterocycles. The molecule has 0 saturated heterocycles. The van der Waals surface area contributed by atoms with Crippen molar-refractivity contribution in [2.45, 2.75) is 31.7 Å². The maximum atomic E-state index is 6.65. The van der Waals surface area contributed by atoms with Crippen LogP contribution in [0.2, 0.25) is 0 Å². The van der Waals surface area contributed by atoms with E-state index in [-0.39, 0.29) is 6.04 Å². The highest BCUT2D eigenvalue weighted by Crippen LogP contribution is 2.42. The van der Waals surface area contributed by atoms with Crippen molar-refractivity contribution in [2.24, 2.45) is 4.99 Å². The molecule has 11 rings (SSSR count). The number of allylic oxidation sites excluding steroid dienone is 2. The van der Waals surface area contributed by atoms with Crippen LogP contribution in [0, 0.1) is 0 Å². The summed E-state index contributed by atoms with van der Waals surface area (Å²) in [5.41, 5.74) is 16.1. The number of benzene rings is 8. The third-order valence-electron chi connectivity index (χ3n) is 12.0. The minimum absolute atomic E-state index is 0.0638. The number of fused-ring (bicyclic) bond motifs is 6. The molecule has 1 aliphatic rings. The van der Waals surface area contributed by atoms with Crippen LogP contribution in [0.1, 0.15) is 48.4 Å². The lowest BCUT2D eigenvalue weighted by atomic mass is 9.89. The second-order valence-electron chi connectivity index (χ2n) is 15.7. The Morgan fingerprint density at radius 3 is 1.54 bits per heavy atom. The third-order valence-corrected chi connectivity index (χ3v) is 12.0. The quantitative estimate of drug-likeness (QED) is 0.169. The van der Waals surface area contributed by atoms with E-state index in [4.69, 9.17) is 13.8 Å². The van der Waals surface area contributed by atoms with Gasteiger partial charge in [0.25, 0.3) is 0 Å². The lowest BCUT2D eigenvalue weighted by Crippen LogP contribution is -2.04. The minimum Gasteiger partial charge on any atom is -0.455 e. The van der Waals surface area contributed by atoms with Gasteiger partial charge in [-0.05, 0) is 100 Å². The molecule has 0 spiro atoms. The van der Waals surface area contributed by atoms with Gasteiger partial charge in [0.05, 0.1) is 11.8 Å². The first-order valence-electron chi connectivity index (χ1n) is 20.7. The number of rotatable bonds is 6. The van der Waals surface area contributed by atoms with Crippen LogP contribution in [0.4, 0.5) is 0 Å². The van der Waals surface area contributed by atoms with Gasteiger partial charge in [-0.15, -0.1) is 0 Å². The van der Waals surface area contributed by atoms with E-state index >= 15 is 0 Å². The van der Waals surface area contributed by atoms with Crippen LogP contribution in [0.25, 0.3) is 82.8 Å². The topological polar surface area (TPSA) is 38.6 Å². The zero-order chi connectivity index (χ0) is 39.1. The molecule has 0 N–H and O–H groups in total.